The summed E-state index contributed by atoms with van der Waals surface area (Å²) in [6, 6.07) is 10.6. The summed E-state index contributed by atoms with van der Waals surface area (Å²) < 4.78 is 5.92. The van der Waals surface area contributed by atoms with E-state index < -0.39 is 0 Å². The molecule has 1 saturated heterocycles. The molecule has 23 heavy (non-hydrogen) atoms. The van der Waals surface area contributed by atoms with E-state index in [0.29, 0.717) is 18.6 Å². The van der Waals surface area contributed by atoms with E-state index in [2.05, 4.69) is 47.1 Å². The molecule has 0 radical (unpaired) electrons. The van der Waals surface area contributed by atoms with Gasteiger partial charge in [-0.05, 0) is 30.9 Å². The molecule has 0 unspecified atom stereocenters. The Morgan fingerprint density at radius 2 is 1.87 bits per heavy atom. The van der Waals surface area contributed by atoms with Gasteiger partial charge in [0, 0.05) is 38.4 Å². The second-order valence-electron chi connectivity index (χ2n) is 7.06. The minimum Gasteiger partial charge on any atom is -0.389 e. The predicted molar refractivity (Wildman–Crippen MR) is 93.9 cm³/mol. The fourth-order valence-electron chi connectivity index (χ4n) is 3.77. The third-order valence-electron chi connectivity index (χ3n) is 5.25. The Balaban J connectivity index is 1.36. The summed E-state index contributed by atoms with van der Waals surface area (Å²) in [5.74, 6) is 0.650. The maximum absolute atomic E-state index is 10.3. The van der Waals surface area contributed by atoms with Crippen molar-refractivity contribution in [1.82, 2.24) is 4.90 Å². The molecule has 2 fully saturated rings. The molecule has 1 aliphatic heterocycles. The minimum absolute atomic E-state index is 0.361. The Morgan fingerprint density at radius 3 is 2.52 bits per heavy atom. The smallest absolute Gasteiger partial charge is 0.0900 e. The fraction of sp³-hybridized carbons (Fsp3) is 0.684. The maximum Gasteiger partial charge on any atom is 0.0900 e. The van der Waals surface area contributed by atoms with Crippen LogP contribution in [0, 0.1) is 5.92 Å². The molecule has 1 aromatic carbocycles. The first-order chi connectivity index (χ1) is 11.2. The van der Waals surface area contributed by atoms with Crippen molar-refractivity contribution in [1.29, 1.82) is 0 Å². The van der Waals surface area contributed by atoms with Gasteiger partial charge < -0.3 is 14.7 Å². The Hall–Kier alpha value is -1.10. The van der Waals surface area contributed by atoms with Gasteiger partial charge in [-0.1, -0.05) is 31.5 Å². The van der Waals surface area contributed by atoms with Crippen LogP contribution < -0.4 is 4.90 Å². The highest BCUT2D eigenvalue weighted by molar-refractivity contribution is 5.46. The number of rotatable bonds is 6. The lowest BCUT2D eigenvalue weighted by atomic mass is 10.1. The summed E-state index contributed by atoms with van der Waals surface area (Å²) in [6.07, 6.45) is 3.68. The second kappa shape index (κ2) is 8.13. The van der Waals surface area contributed by atoms with Crippen LogP contribution in [0.3, 0.4) is 0 Å². The molecular weight excluding hydrogens is 288 g/mol. The van der Waals surface area contributed by atoms with Crippen LogP contribution in [0.1, 0.15) is 26.2 Å². The Kier molecular flexibility index (Phi) is 5.92. The third-order valence-corrected chi connectivity index (χ3v) is 5.25. The Labute approximate surface area is 140 Å². The van der Waals surface area contributed by atoms with Crippen LogP contribution in [0.15, 0.2) is 30.3 Å². The number of benzene rings is 1. The number of hydrogen-bond acceptors (Lipinski definition) is 4. The van der Waals surface area contributed by atoms with E-state index in [-0.39, 0.29) is 6.10 Å². The van der Waals surface area contributed by atoms with Gasteiger partial charge in [0.25, 0.3) is 0 Å². The highest BCUT2D eigenvalue weighted by Gasteiger charge is 2.25. The van der Waals surface area contributed by atoms with Crippen molar-refractivity contribution in [3.05, 3.63) is 30.3 Å². The molecule has 2 aliphatic rings. The number of β-amino-alcohol motifs (C(OH)–C–C–N with tert-alkyl or cyclic N) is 1. The molecule has 4 heteroatoms. The summed E-state index contributed by atoms with van der Waals surface area (Å²) in [7, 11) is 0. The van der Waals surface area contributed by atoms with Gasteiger partial charge in [0.15, 0.2) is 0 Å². The molecule has 0 spiro atoms. The molecule has 0 aromatic heterocycles. The molecule has 1 saturated carbocycles. The molecule has 3 atom stereocenters. The molecule has 1 heterocycles. The lowest BCUT2D eigenvalue weighted by Gasteiger charge is -2.37. The summed E-state index contributed by atoms with van der Waals surface area (Å²) in [4.78, 5) is 4.77. The highest BCUT2D eigenvalue weighted by Crippen LogP contribution is 2.27. The number of hydrogen-bond donors (Lipinski definition) is 1. The lowest BCUT2D eigenvalue weighted by molar-refractivity contribution is -0.0321. The molecule has 1 N–H and O–H groups in total. The highest BCUT2D eigenvalue weighted by atomic mass is 16.5. The molecule has 3 rings (SSSR count). The van der Waals surface area contributed by atoms with E-state index in [4.69, 9.17) is 4.74 Å². The monoisotopic (exact) mass is 318 g/mol. The van der Waals surface area contributed by atoms with E-state index in [1.807, 2.05) is 0 Å². The molecule has 1 aromatic rings. The van der Waals surface area contributed by atoms with Crippen molar-refractivity contribution in [2.45, 2.75) is 38.4 Å². The average molecular weight is 318 g/mol. The quantitative estimate of drug-likeness (QED) is 0.873. The van der Waals surface area contributed by atoms with Crippen LogP contribution in [0.5, 0.6) is 0 Å². The summed E-state index contributed by atoms with van der Waals surface area (Å²) >= 11 is 0. The number of aliphatic hydroxyl groups is 1. The Bertz CT molecular complexity index is 460. The third kappa shape index (κ3) is 4.69. The first kappa shape index (κ1) is 16.7. The van der Waals surface area contributed by atoms with Gasteiger partial charge in [-0.2, -0.15) is 0 Å². The van der Waals surface area contributed by atoms with Gasteiger partial charge in [0.05, 0.1) is 18.8 Å². The number of aliphatic hydroxyl groups excluding tert-OH is 1. The number of ether oxygens (including phenoxy) is 1. The van der Waals surface area contributed by atoms with Gasteiger partial charge in [0.1, 0.15) is 0 Å². The van der Waals surface area contributed by atoms with Gasteiger partial charge in [0.2, 0.25) is 0 Å². The van der Waals surface area contributed by atoms with Crippen LogP contribution in [-0.4, -0.2) is 61.5 Å². The zero-order valence-electron chi connectivity index (χ0n) is 14.2. The molecule has 128 valence electrons. The summed E-state index contributed by atoms with van der Waals surface area (Å²) in [5.41, 5.74) is 1.30. The van der Waals surface area contributed by atoms with E-state index >= 15 is 0 Å². The summed E-state index contributed by atoms with van der Waals surface area (Å²) in [6.45, 7) is 7.52. The first-order valence-electron chi connectivity index (χ1n) is 9.04. The van der Waals surface area contributed by atoms with Crippen LogP contribution in [-0.2, 0) is 4.74 Å². The van der Waals surface area contributed by atoms with Gasteiger partial charge in [-0.15, -0.1) is 0 Å². The van der Waals surface area contributed by atoms with Crippen molar-refractivity contribution in [2.75, 3.05) is 44.2 Å². The predicted octanol–water partition coefficient (Wildman–Crippen LogP) is 2.37. The van der Waals surface area contributed by atoms with Gasteiger partial charge in [-0.3, -0.25) is 4.90 Å². The van der Waals surface area contributed by atoms with Crippen molar-refractivity contribution in [2.24, 2.45) is 5.92 Å². The number of anilines is 1. The van der Waals surface area contributed by atoms with Gasteiger partial charge >= 0.3 is 0 Å². The van der Waals surface area contributed by atoms with E-state index in [9.17, 15) is 5.11 Å². The number of para-hydroxylation sites is 1. The fourth-order valence-corrected chi connectivity index (χ4v) is 3.77. The largest absolute Gasteiger partial charge is 0.389 e. The first-order valence-corrected chi connectivity index (χ1v) is 9.04. The SMILES string of the molecule is C[C@@H]1CCC[C@H]1OC[C@H](O)CN1CCN(c2ccccc2)CC1. The zero-order valence-corrected chi connectivity index (χ0v) is 14.2. The van der Waals surface area contributed by atoms with E-state index in [1.54, 1.807) is 0 Å². The molecular formula is C19H30N2O2. The standard InChI is InChI=1S/C19H30N2O2/c1-16-6-5-9-19(16)23-15-18(22)14-20-10-12-21(13-11-20)17-7-3-2-4-8-17/h2-4,7-8,16,18-19,22H,5-6,9-15H2,1H3/t16-,18-,19-/m1/s1. The van der Waals surface area contributed by atoms with E-state index in [0.717, 1.165) is 39.1 Å². The van der Waals surface area contributed by atoms with Crippen molar-refractivity contribution in [3.63, 3.8) is 0 Å². The maximum atomic E-state index is 10.3. The normalized spacial score (nSPS) is 27.3. The molecule has 0 amide bonds. The van der Waals surface area contributed by atoms with Gasteiger partial charge in [-0.25, -0.2) is 0 Å². The molecule has 4 nitrogen and oxygen atoms in total. The van der Waals surface area contributed by atoms with Crippen LogP contribution in [0.4, 0.5) is 5.69 Å². The van der Waals surface area contributed by atoms with Crippen LogP contribution in [0.2, 0.25) is 0 Å². The van der Waals surface area contributed by atoms with Crippen molar-refractivity contribution < 1.29 is 9.84 Å². The van der Waals surface area contributed by atoms with Crippen LogP contribution in [0.25, 0.3) is 0 Å². The van der Waals surface area contributed by atoms with Crippen molar-refractivity contribution in [3.8, 4) is 0 Å². The zero-order chi connectivity index (χ0) is 16.1. The lowest BCUT2D eigenvalue weighted by Crippen LogP contribution is -2.49. The summed E-state index contributed by atoms with van der Waals surface area (Å²) in [5, 5.41) is 10.3. The molecule has 0 bridgehead atoms. The topological polar surface area (TPSA) is 35.9 Å². The van der Waals surface area contributed by atoms with Crippen molar-refractivity contribution >= 4 is 5.69 Å². The Morgan fingerprint density at radius 1 is 1.13 bits per heavy atom. The molecule has 1 aliphatic carbocycles. The number of piperazine rings is 1. The number of nitrogens with zero attached hydrogens (tertiary/aromatic N) is 2. The minimum atomic E-state index is -0.369. The van der Waals surface area contributed by atoms with Crippen LogP contribution >= 0.6 is 0 Å². The average Bonchev–Trinajstić information content (AvgIpc) is 3.00. The second-order valence-corrected chi connectivity index (χ2v) is 7.06. The van der Waals surface area contributed by atoms with E-state index in [1.165, 1.54) is 18.5 Å².